The summed E-state index contributed by atoms with van der Waals surface area (Å²) < 4.78 is 7.06. The summed E-state index contributed by atoms with van der Waals surface area (Å²) in [4.78, 5) is 32.0. The molecule has 2 aromatic carbocycles. The molecule has 1 atom stereocenters. The lowest BCUT2D eigenvalue weighted by atomic mass is 9.72. The summed E-state index contributed by atoms with van der Waals surface area (Å²) in [7, 11) is 0. The van der Waals surface area contributed by atoms with Crippen molar-refractivity contribution in [1.29, 1.82) is 0 Å². The number of aliphatic imine (C=N–C) groups is 1. The number of esters is 1. The largest absolute Gasteiger partial charge is 0.465 e. The van der Waals surface area contributed by atoms with E-state index in [1.54, 1.807) is 18.3 Å². The second kappa shape index (κ2) is 11.2. The molecule has 6 nitrogen and oxygen atoms in total. The van der Waals surface area contributed by atoms with Crippen molar-refractivity contribution in [1.82, 2.24) is 4.57 Å². The number of carbonyl (C=O) groups is 2. The average Bonchev–Trinajstić information content (AvgIpc) is 3.45. The van der Waals surface area contributed by atoms with Gasteiger partial charge in [0, 0.05) is 39.4 Å². The van der Waals surface area contributed by atoms with Gasteiger partial charge in [-0.3, -0.25) is 9.59 Å². The first kappa shape index (κ1) is 26.9. The summed E-state index contributed by atoms with van der Waals surface area (Å²) in [5, 5.41) is 4.80. The summed E-state index contributed by atoms with van der Waals surface area (Å²) >= 11 is 1.63. The average molecular weight is 542 g/mol. The Morgan fingerprint density at radius 1 is 1.13 bits per heavy atom. The predicted molar refractivity (Wildman–Crippen MR) is 160 cm³/mol. The Labute approximate surface area is 233 Å². The molecule has 0 radical (unpaired) electrons. The zero-order valence-corrected chi connectivity index (χ0v) is 23.8. The number of fused-ring (bicyclic) bond motifs is 2. The third-order valence-electron chi connectivity index (χ3n) is 7.48. The van der Waals surface area contributed by atoms with Crippen LogP contribution in [0.4, 0.5) is 10.7 Å². The van der Waals surface area contributed by atoms with Crippen molar-refractivity contribution in [3.05, 3.63) is 82.4 Å². The van der Waals surface area contributed by atoms with Crippen LogP contribution < -0.4 is 5.32 Å². The smallest absolute Gasteiger partial charge is 0.325 e. The summed E-state index contributed by atoms with van der Waals surface area (Å²) in [6, 6.07) is 17.5. The van der Waals surface area contributed by atoms with E-state index in [0.29, 0.717) is 18.1 Å². The highest BCUT2D eigenvalue weighted by molar-refractivity contribution is 7.16. The molecule has 1 aliphatic carbocycles. The Hall–Kier alpha value is -3.71. The zero-order valence-electron chi connectivity index (χ0n) is 23.0. The van der Waals surface area contributed by atoms with Crippen LogP contribution in [0, 0.1) is 11.3 Å². The van der Waals surface area contributed by atoms with Gasteiger partial charge >= 0.3 is 5.97 Å². The molecule has 2 aromatic heterocycles. The van der Waals surface area contributed by atoms with Gasteiger partial charge in [0.25, 0.3) is 5.91 Å². The maximum absolute atomic E-state index is 13.6. The monoisotopic (exact) mass is 541 g/mol. The van der Waals surface area contributed by atoms with Gasteiger partial charge in [0.05, 0.1) is 12.2 Å². The number of ether oxygens (including phenoxy) is 1. The van der Waals surface area contributed by atoms with Gasteiger partial charge in [0.1, 0.15) is 11.5 Å². The molecule has 0 unspecified atom stereocenters. The van der Waals surface area contributed by atoms with E-state index in [1.807, 2.05) is 71.6 Å². The molecule has 0 saturated heterocycles. The molecule has 7 heteroatoms. The quantitative estimate of drug-likeness (QED) is 0.195. The molecule has 5 rings (SSSR count). The molecule has 0 bridgehead atoms. The fourth-order valence-corrected chi connectivity index (χ4v) is 6.60. The first-order valence-electron chi connectivity index (χ1n) is 13.5. The summed E-state index contributed by atoms with van der Waals surface area (Å²) in [6.07, 6.45) is 6.65. The van der Waals surface area contributed by atoms with Crippen molar-refractivity contribution in [3.63, 3.8) is 0 Å². The Kier molecular flexibility index (Phi) is 7.71. The molecule has 0 fully saturated rings. The lowest BCUT2D eigenvalue weighted by molar-refractivity contribution is -0.143. The SMILES string of the molecule is CCOC(=O)Cn1cc(C=Nc2sc3c(c2C(=O)Nc2ccccc2)CC[C@H](C(C)(C)C)C3)c2ccccc21. The molecule has 1 aliphatic rings. The van der Waals surface area contributed by atoms with Gasteiger partial charge in [-0.05, 0) is 61.3 Å². The van der Waals surface area contributed by atoms with Crippen LogP contribution in [0.1, 0.15) is 60.5 Å². The summed E-state index contributed by atoms with van der Waals surface area (Å²) in [5.74, 6) is 0.164. The molecule has 1 amide bonds. The van der Waals surface area contributed by atoms with Crippen LogP contribution in [0.5, 0.6) is 0 Å². The number of amides is 1. The molecule has 1 N–H and O–H groups in total. The second-order valence-corrected chi connectivity index (χ2v) is 12.2. The topological polar surface area (TPSA) is 72.7 Å². The van der Waals surface area contributed by atoms with E-state index in [4.69, 9.17) is 9.73 Å². The van der Waals surface area contributed by atoms with Crippen LogP contribution in [0.15, 0.2) is 65.8 Å². The number of rotatable bonds is 7. The number of carbonyl (C=O) groups excluding carboxylic acids is 2. The molecule has 39 heavy (non-hydrogen) atoms. The Morgan fingerprint density at radius 3 is 2.62 bits per heavy atom. The lowest BCUT2D eigenvalue weighted by Crippen LogP contribution is -2.27. The van der Waals surface area contributed by atoms with Crippen LogP contribution in [-0.4, -0.2) is 29.3 Å². The highest BCUT2D eigenvalue weighted by atomic mass is 32.1. The number of anilines is 1. The lowest BCUT2D eigenvalue weighted by Gasteiger charge is -2.33. The first-order valence-corrected chi connectivity index (χ1v) is 14.3. The van der Waals surface area contributed by atoms with Crippen molar-refractivity contribution in [2.75, 3.05) is 11.9 Å². The molecule has 2 heterocycles. The predicted octanol–water partition coefficient (Wildman–Crippen LogP) is 7.42. The fraction of sp³-hybridized carbons (Fsp3) is 0.344. The maximum atomic E-state index is 13.6. The molecule has 0 spiro atoms. The molecule has 0 saturated carbocycles. The van der Waals surface area contributed by atoms with E-state index in [0.717, 1.165) is 52.0 Å². The maximum Gasteiger partial charge on any atom is 0.325 e. The van der Waals surface area contributed by atoms with Crippen molar-refractivity contribution in [2.45, 2.75) is 53.5 Å². The van der Waals surface area contributed by atoms with Crippen molar-refractivity contribution in [2.24, 2.45) is 16.3 Å². The normalized spacial score (nSPS) is 15.4. The van der Waals surface area contributed by atoms with E-state index < -0.39 is 0 Å². The zero-order chi connectivity index (χ0) is 27.6. The minimum absolute atomic E-state index is 0.121. The number of para-hydroxylation sites is 2. The van der Waals surface area contributed by atoms with Gasteiger partial charge in [0.15, 0.2) is 0 Å². The van der Waals surface area contributed by atoms with Crippen molar-refractivity contribution < 1.29 is 14.3 Å². The van der Waals surface area contributed by atoms with Gasteiger partial charge in [-0.1, -0.05) is 57.2 Å². The summed E-state index contributed by atoms with van der Waals surface area (Å²) in [6.45, 7) is 9.17. The third kappa shape index (κ3) is 5.83. The van der Waals surface area contributed by atoms with E-state index >= 15 is 0 Å². The highest BCUT2D eigenvalue weighted by Gasteiger charge is 2.33. The standard InChI is InChI=1S/C32H35N3O3S/c1-5-38-28(36)20-35-19-21(24-13-9-10-14-26(24)35)18-33-31-29(30(37)34-23-11-7-6-8-12-23)25-16-15-22(32(2,3)4)17-27(25)39-31/h6-14,18-19,22H,5,15-17,20H2,1-4H3,(H,34,37)/t22-/m0/s1. The van der Waals surface area contributed by atoms with Gasteiger partial charge in [-0.2, -0.15) is 0 Å². The van der Waals surface area contributed by atoms with Crippen LogP contribution in [0.25, 0.3) is 10.9 Å². The Morgan fingerprint density at radius 2 is 1.87 bits per heavy atom. The number of nitrogens with one attached hydrogen (secondary N) is 1. The molecule has 202 valence electrons. The Balaban J connectivity index is 1.52. The van der Waals surface area contributed by atoms with Gasteiger partial charge in [-0.15, -0.1) is 11.3 Å². The number of nitrogens with zero attached hydrogens (tertiary/aromatic N) is 2. The highest BCUT2D eigenvalue weighted by Crippen LogP contribution is 2.45. The van der Waals surface area contributed by atoms with E-state index in [9.17, 15) is 9.59 Å². The number of hydrogen-bond donors (Lipinski definition) is 1. The molecule has 4 aromatic rings. The Bertz CT molecular complexity index is 1530. The first-order chi connectivity index (χ1) is 18.7. The number of aromatic nitrogens is 1. The minimum atomic E-state index is -0.277. The van der Waals surface area contributed by atoms with Crippen LogP contribution in [0.2, 0.25) is 0 Å². The van der Waals surface area contributed by atoms with Crippen LogP contribution in [-0.2, 0) is 28.9 Å². The summed E-state index contributed by atoms with van der Waals surface area (Å²) in [5.41, 5.74) is 4.61. The minimum Gasteiger partial charge on any atom is -0.465 e. The van der Waals surface area contributed by atoms with Gasteiger partial charge in [-0.25, -0.2) is 4.99 Å². The van der Waals surface area contributed by atoms with Gasteiger partial charge < -0.3 is 14.6 Å². The second-order valence-electron chi connectivity index (χ2n) is 11.1. The number of thiophene rings is 1. The number of benzene rings is 2. The molecule has 0 aliphatic heterocycles. The molecular formula is C32H35N3O3S. The van der Waals surface area contributed by atoms with Gasteiger partial charge in [0.2, 0.25) is 0 Å². The fourth-order valence-electron chi connectivity index (χ4n) is 5.33. The van der Waals surface area contributed by atoms with E-state index in [2.05, 4.69) is 26.1 Å². The third-order valence-corrected chi connectivity index (χ3v) is 8.64. The van der Waals surface area contributed by atoms with Crippen molar-refractivity contribution >= 4 is 51.0 Å². The molecular weight excluding hydrogens is 506 g/mol. The number of hydrogen-bond acceptors (Lipinski definition) is 5. The van der Waals surface area contributed by atoms with Crippen LogP contribution >= 0.6 is 11.3 Å². The van der Waals surface area contributed by atoms with Crippen molar-refractivity contribution in [3.8, 4) is 0 Å². The van der Waals surface area contributed by atoms with E-state index in [-0.39, 0.29) is 23.8 Å². The van der Waals surface area contributed by atoms with Crippen LogP contribution in [0.3, 0.4) is 0 Å². The van der Waals surface area contributed by atoms with E-state index in [1.165, 1.54) is 4.88 Å².